The number of nitrogens with one attached hydrogen (secondary N) is 1. The Labute approximate surface area is 194 Å². The van der Waals surface area contributed by atoms with Crippen molar-refractivity contribution in [1.82, 2.24) is 0 Å². The summed E-state index contributed by atoms with van der Waals surface area (Å²) in [4.78, 5) is 0.158. The van der Waals surface area contributed by atoms with Crippen molar-refractivity contribution in [3.8, 4) is 23.0 Å². The van der Waals surface area contributed by atoms with E-state index >= 15 is 0 Å². The van der Waals surface area contributed by atoms with Crippen molar-refractivity contribution in [1.29, 1.82) is 0 Å². The first-order valence-corrected chi connectivity index (χ1v) is 11.8. The molecule has 3 aromatic rings. The van der Waals surface area contributed by atoms with Crippen molar-refractivity contribution >= 4 is 27.3 Å². The fraction of sp³-hybridized carbons (Fsp3) is 0.250. The van der Waals surface area contributed by atoms with Crippen molar-refractivity contribution in [2.75, 3.05) is 18.9 Å². The lowest BCUT2D eigenvalue weighted by molar-refractivity contribution is 0.379. The van der Waals surface area contributed by atoms with Gasteiger partial charge in [-0.3, -0.25) is 4.72 Å². The number of hydrogen-bond donors (Lipinski definition) is 1. The number of halogens is 1. The monoisotopic (exact) mass is 475 g/mol. The van der Waals surface area contributed by atoms with Gasteiger partial charge in [0.2, 0.25) is 0 Å². The molecule has 0 saturated carbocycles. The predicted molar refractivity (Wildman–Crippen MR) is 127 cm³/mol. The van der Waals surface area contributed by atoms with Crippen LogP contribution in [0.5, 0.6) is 23.0 Å². The standard InChI is InChI=1S/C24H26ClNO5S/c1-15(2)18-14-24(16(3)12-23(18)30-5)32(27,28)26-19-13-17(25)10-11-20(19)31-22-9-7-6-8-21(22)29-4/h6-15,26H,1-5H3. The number of anilines is 1. The van der Waals surface area contributed by atoms with Gasteiger partial charge in [-0.2, -0.15) is 0 Å². The molecule has 0 aliphatic heterocycles. The van der Waals surface area contributed by atoms with Gasteiger partial charge in [0.25, 0.3) is 10.0 Å². The molecule has 0 atom stereocenters. The van der Waals surface area contributed by atoms with Gasteiger partial charge in [0.1, 0.15) is 5.75 Å². The van der Waals surface area contributed by atoms with Gasteiger partial charge in [-0.15, -0.1) is 0 Å². The first kappa shape index (κ1) is 23.8. The summed E-state index contributed by atoms with van der Waals surface area (Å²) in [5.74, 6) is 1.98. The van der Waals surface area contributed by atoms with Crippen molar-refractivity contribution in [3.05, 3.63) is 70.7 Å². The summed E-state index contributed by atoms with van der Waals surface area (Å²) in [6, 6.07) is 15.2. The van der Waals surface area contributed by atoms with E-state index in [9.17, 15) is 8.42 Å². The van der Waals surface area contributed by atoms with Gasteiger partial charge in [0.05, 0.1) is 24.8 Å². The van der Waals surface area contributed by atoms with E-state index in [-0.39, 0.29) is 22.3 Å². The Kier molecular flexibility index (Phi) is 7.21. The van der Waals surface area contributed by atoms with E-state index in [1.54, 1.807) is 56.5 Å². The van der Waals surface area contributed by atoms with Crippen LogP contribution in [0.1, 0.15) is 30.9 Å². The van der Waals surface area contributed by atoms with E-state index in [4.69, 9.17) is 25.8 Å². The number of aryl methyl sites for hydroxylation is 1. The Morgan fingerprint density at radius 2 is 1.53 bits per heavy atom. The molecule has 0 aliphatic carbocycles. The van der Waals surface area contributed by atoms with Gasteiger partial charge in [-0.1, -0.05) is 37.6 Å². The third kappa shape index (κ3) is 5.11. The summed E-state index contributed by atoms with van der Waals surface area (Å²) in [5.41, 5.74) is 1.58. The second kappa shape index (κ2) is 9.71. The molecule has 0 saturated heterocycles. The summed E-state index contributed by atoms with van der Waals surface area (Å²) >= 11 is 6.16. The number of methoxy groups -OCH3 is 2. The maximum atomic E-state index is 13.4. The van der Waals surface area contributed by atoms with Gasteiger partial charge in [-0.05, 0) is 66.4 Å². The van der Waals surface area contributed by atoms with Gasteiger partial charge in [0.15, 0.2) is 17.2 Å². The summed E-state index contributed by atoms with van der Waals surface area (Å²) in [6.07, 6.45) is 0. The van der Waals surface area contributed by atoms with Crippen molar-refractivity contribution in [2.24, 2.45) is 0 Å². The topological polar surface area (TPSA) is 73.9 Å². The smallest absolute Gasteiger partial charge is 0.262 e. The van der Waals surface area contributed by atoms with Crippen LogP contribution >= 0.6 is 11.6 Å². The zero-order valence-electron chi connectivity index (χ0n) is 18.6. The SMILES string of the molecule is COc1ccccc1Oc1ccc(Cl)cc1NS(=O)(=O)c1cc(C(C)C)c(OC)cc1C. The summed E-state index contributed by atoms with van der Waals surface area (Å²) in [6.45, 7) is 5.69. The maximum absolute atomic E-state index is 13.4. The molecule has 0 radical (unpaired) electrons. The molecular weight excluding hydrogens is 450 g/mol. The van der Waals surface area contributed by atoms with Crippen LogP contribution in [0.25, 0.3) is 0 Å². The van der Waals surface area contributed by atoms with E-state index in [2.05, 4.69) is 4.72 Å². The highest BCUT2D eigenvalue weighted by molar-refractivity contribution is 7.92. The van der Waals surface area contributed by atoms with Gasteiger partial charge in [0, 0.05) is 5.02 Å². The van der Waals surface area contributed by atoms with Gasteiger partial charge < -0.3 is 14.2 Å². The van der Waals surface area contributed by atoms with Crippen LogP contribution < -0.4 is 18.9 Å². The third-order valence-electron chi connectivity index (χ3n) is 4.91. The molecule has 170 valence electrons. The molecule has 0 unspecified atom stereocenters. The molecule has 0 aliphatic rings. The minimum Gasteiger partial charge on any atom is -0.496 e. The number of ether oxygens (including phenoxy) is 3. The van der Waals surface area contributed by atoms with Crippen LogP contribution in [0.4, 0.5) is 5.69 Å². The van der Waals surface area contributed by atoms with Crippen LogP contribution in [0, 0.1) is 6.92 Å². The zero-order valence-corrected chi connectivity index (χ0v) is 20.2. The molecule has 0 heterocycles. The molecule has 0 fully saturated rings. The van der Waals surface area contributed by atoms with Crippen LogP contribution in [-0.4, -0.2) is 22.6 Å². The zero-order chi connectivity index (χ0) is 23.5. The van der Waals surface area contributed by atoms with E-state index < -0.39 is 10.0 Å². The molecule has 0 bridgehead atoms. The molecule has 3 aromatic carbocycles. The van der Waals surface area contributed by atoms with Crippen LogP contribution in [0.2, 0.25) is 5.02 Å². The van der Waals surface area contributed by atoms with Crippen LogP contribution in [-0.2, 0) is 10.0 Å². The average molecular weight is 476 g/mol. The van der Waals surface area contributed by atoms with Crippen LogP contribution in [0.15, 0.2) is 59.5 Å². The lowest BCUT2D eigenvalue weighted by Gasteiger charge is -2.18. The lowest BCUT2D eigenvalue weighted by atomic mass is 10.0. The van der Waals surface area contributed by atoms with E-state index in [0.29, 0.717) is 27.8 Å². The number of hydrogen-bond acceptors (Lipinski definition) is 5. The predicted octanol–water partition coefficient (Wildman–Crippen LogP) is 6.38. The Hall–Kier alpha value is -2.90. The number of para-hydroxylation sites is 2. The minimum atomic E-state index is -3.95. The molecule has 0 aromatic heterocycles. The van der Waals surface area contributed by atoms with Crippen molar-refractivity contribution in [3.63, 3.8) is 0 Å². The largest absolute Gasteiger partial charge is 0.496 e. The fourth-order valence-electron chi connectivity index (χ4n) is 3.29. The summed E-state index contributed by atoms with van der Waals surface area (Å²) in [7, 11) is -0.844. The number of benzene rings is 3. The molecule has 0 spiro atoms. The second-order valence-corrected chi connectivity index (χ2v) is 9.60. The summed E-state index contributed by atoms with van der Waals surface area (Å²) < 4.78 is 46.1. The van der Waals surface area contributed by atoms with E-state index in [1.165, 1.54) is 13.2 Å². The van der Waals surface area contributed by atoms with E-state index in [0.717, 1.165) is 5.56 Å². The highest BCUT2D eigenvalue weighted by Crippen LogP contribution is 2.38. The Bertz CT molecular complexity index is 1230. The first-order valence-electron chi connectivity index (χ1n) is 9.98. The lowest BCUT2D eigenvalue weighted by Crippen LogP contribution is -2.16. The number of rotatable bonds is 8. The van der Waals surface area contributed by atoms with Gasteiger partial charge in [-0.25, -0.2) is 8.42 Å². The molecule has 1 N–H and O–H groups in total. The quantitative estimate of drug-likeness (QED) is 0.409. The maximum Gasteiger partial charge on any atom is 0.262 e. The first-order chi connectivity index (χ1) is 15.2. The van der Waals surface area contributed by atoms with Crippen LogP contribution in [0.3, 0.4) is 0 Å². The fourth-order valence-corrected chi connectivity index (χ4v) is 4.78. The Balaban J connectivity index is 2.03. The molecule has 6 nitrogen and oxygen atoms in total. The van der Waals surface area contributed by atoms with Gasteiger partial charge >= 0.3 is 0 Å². The normalized spacial score (nSPS) is 11.3. The molecular formula is C24H26ClNO5S. The minimum absolute atomic E-state index is 0.0788. The highest BCUT2D eigenvalue weighted by atomic mass is 35.5. The Morgan fingerprint density at radius 3 is 2.16 bits per heavy atom. The molecule has 8 heteroatoms. The van der Waals surface area contributed by atoms with Crippen molar-refractivity contribution in [2.45, 2.75) is 31.6 Å². The molecule has 3 rings (SSSR count). The molecule has 0 amide bonds. The van der Waals surface area contributed by atoms with Crippen molar-refractivity contribution < 1.29 is 22.6 Å². The Morgan fingerprint density at radius 1 is 0.875 bits per heavy atom. The highest BCUT2D eigenvalue weighted by Gasteiger charge is 2.23. The number of sulfonamides is 1. The average Bonchev–Trinajstić information content (AvgIpc) is 2.75. The van der Waals surface area contributed by atoms with E-state index in [1.807, 2.05) is 19.9 Å². The molecule has 32 heavy (non-hydrogen) atoms. The summed E-state index contributed by atoms with van der Waals surface area (Å²) in [5, 5.41) is 0.365. The second-order valence-electron chi connectivity index (χ2n) is 7.51. The third-order valence-corrected chi connectivity index (χ3v) is 6.66.